The Kier molecular flexibility index (Phi) is 3.05. The Balaban J connectivity index is 1.45. The van der Waals surface area contributed by atoms with Crippen molar-refractivity contribution in [2.45, 2.75) is 31.5 Å². The second kappa shape index (κ2) is 5.03. The first-order valence-electron chi connectivity index (χ1n) is 6.82. The Bertz CT molecular complexity index is 612. The Morgan fingerprint density at radius 3 is 2.90 bits per heavy atom. The van der Waals surface area contributed by atoms with Crippen molar-refractivity contribution in [3.05, 3.63) is 34.3 Å². The average Bonchev–Trinajstić information content (AvgIpc) is 3.21. The normalized spacial score (nSPS) is 20.9. The van der Waals surface area contributed by atoms with Crippen molar-refractivity contribution < 1.29 is 9.47 Å². The standard InChI is InChI=1S/C14H15N3O2S/c1-2-4-11-10(3-1)18-8-12(19-11)14-17-16-13(20-14)7-15-9-5-6-9/h1-4,9,12,15H,5-8H2. The van der Waals surface area contributed by atoms with Gasteiger partial charge in [0.25, 0.3) is 0 Å². The van der Waals surface area contributed by atoms with Gasteiger partial charge in [0, 0.05) is 12.6 Å². The van der Waals surface area contributed by atoms with Crippen LogP contribution < -0.4 is 14.8 Å². The molecule has 1 aromatic heterocycles. The van der Waals surface area contributed by atoms with Crippen molar-refractivity contribution >= 4 is 11.3 Å². The lowest BCUT2D eigenvalue weighted by Crippen LogP contribution is -2.21. The predicted octanol–water partition coefficient (Wildman–Crippen LogP) is 2.30. The monoisotopic (exact) mass is 289 g/mol. The largest absolute Gasteiger partial charge is 0.485 e. The van der Waals surface area contributed by atoms with Gasteiger partial charge in [-0.25, -0.2) is 0 Å². The maximum Gasteiger partial charge on any atom is 0.186 e. The van der Waals surface area contributed by atoms with E-state index in [1.54, 1.807) is 11.3 Å². The number of nitrogens with one attached hydrogen (secondary N) is 1. The van der Waals surface area contributed by atoms with Crippen LogP contribution in [0.3, 0.4) is 0 Å². The van der Waals surface area contributed by atoms with Crippen LogP contribution in [-0.2, 0) is 6.54 Å². The van der Waals surface area contributed by atoms with E-state index in [0.29, 0.717) is 12.6 Å². The lowest BCUT2D eigenvalue weighted by atomic mass is 10.3. The van der Waals surface area contributed by atoms with Gasteiger partial charge in [0.15, 0.2) is 22.6 Å². The second-order valence-electron chi connectivity index (χ2n) is 5.05. The number of ether oxygens (including phenoxy) is 2. The Morgan fingerprint density at radius 1 is 1.20 bits per heavy atom. The number of fused-ring (bicyclic) bond motifs is 1. The minimum atomic E-state index is -0.155. The van der Waals surface area contributed by atoms with Crippen LogP contribution in [0.1, 0.15) is 29.0 Å². The van der Waals surface area contributed by atoms with Crippen LogP contribution in [0.4, 0.5) is 0 Å². The minimum Gasteiger partial charge on any atom is -0.485 e. The molecule has 1 fully saturated rings. The molecule has 2 aromatic rings. The molecule has 0 amide bonds. The molecule has 1 aliphatic carbocycles. The topological polar surface area (TPSA) is 56.3 Å². The molecule has 2 heterocycles. The summed E-state index contributed by atoms with van der Waals surface area (Å²) in [7, 11) is 0. The summed E-state index contributed by atoms with van der Waals surface area (Å²) in [6.45, 7) is 1.29. The maximum atomic E-state index is 5.93. The van der Waals surface area contributed by atoms with Crippen LogP contribution >= 0.6 is 11.3 Å². The van der Waals surface area contributed by atoms with E-state index in [2.05, 4.69) is 15.5 Å². The lowest BCUT2D eigenvalue weighted by molar-refractivity contribution is 0.0906. The van der Waals surface area contributed by atoms with E-state index in [9.17, 15) is 0 Å². The molecule has 1 unspecified atom stereocenters. The molecule has 5 nitrogen and oxygen atoms in total. The zero-order valence-corrected chi connectivity index (χ0v) is 11.7. The smallest absolute Gasteiger partial charge is 0.186 e. The van der Waals surface area contributed by atoms with E-state index in [0.717, 1.165) is 28.1 Å². The molecule has 1 atom stereocenters. The maximum absolute atomic E-state index is 5.93. The SMILES string of the molecule is c1ccc2c(c1)OCC(c1nnc(CNC3CC3)s1)O2. The Morgan fingerprint density at radius 2 is 2.05 bits per heavy atom. The van der Waals surface area contributed by atoms with Gasteiger partial charge in [-0.2, -0.15) is 0 Å². The molecule has 0 radical (unpaired) electrons. The molecule has 0 saturated heterocycles. The second-order valence-corrected chi connectivity index (χ2v) is 6.15. The van der Waals surface area contributed by atoms with Crippen molar-refractivity contribution in [2.24, 2.45) is 0 Å². The molecule has 1 N–H and O–H groups in total. The number of rotatable bonds is 4. The highest BCUT2D eigenvalue weighted by Gasteiger charge is 2.26. The number of aromatic nitrogens is 2. The van der Waals surface area contributed by atoms with Gasteiger partial charge in [-0.05, 0) is 25.0 Å². The summed E-state index contributed by atoms with van der Waals surface area (Å²) in [5.74, 6) is 1.57. The first-order valence-corrected chi connectivity index (χ1v) is 7.64. The van der Waals surface area contributed by atoms with Crippen LogP contribution in [0, 0.1) is 0 Å². The van der Waals surface area contributed by atoms with Crippen LogP contribution in [-0.4, -0.2) is 22.8 Å². The third-order valence-electron chi connectivity index (χ3n) is 3.39. The molecule has 6 heteroatoms. The summed E-state index contributed by atoms with van der Waals surface area (Å²) in [5.41, 5.74) is 0. The van der Waals surface area contributed by atoms with Gasteiger partial charge in [0.1, 0.15) is 11.6 Å². The number of hydrogen-bond donors (Lipinski definition) is 1. The minimum absolute atomic E-state index is 0.155. The van der Waals surface area contributed by atoms with Crippen LogP contribution in [0.25, 0.3) is 0 Å². The number of hydrogen-bond acceptors (Lipinski definition) is 6. The summed E-state index contributed by atoms with van der Waals surface area (Å²) in [6, 6.07) is 8.39. The van der Waals surface area contributed by atoms with Crippen LogP contribution in [0.15, 0.2) is 24.3 Å². The van der Waals surface area contributed by atoms with E-state index in [4.69, 9.17) is 9.47 Å². The molecule has 1 aliphatic heterocycles. The molecule has 104 valence electrons. The van der Waals surface area contributed by atoms with Crippen molar-refractivity contribution in [3.8, 4) is 11.5 Å². The third-order valence-corrected chi connectivity index (χ3v) is 4.40. The van der Waals surface area contributed by atoms with Crippen molar-refractivity contribution in [1.29, 1.82) is 0 Å². The lowest BCUT2D eigenvalue weighted by Gasteiger charge is -2.24. The van der Waals surface area contributed by atoms with Gasteiger partial charge in [-0.1, -0.05) is 23.5 Å². The van der Waals surface area contributed by atoms with Crippen LogP contribution in [0.2, 0.25) is 0 Å². The average molecular weight is 289 g/mol. The van der Waals surface area contributed by atoms with Crippen molar-refractivity contribution in [3.63, 3.8) is 0 Å². The highest BCUT2D eigenvalue weighted by Crippen LogP contribution is 2.36. The summed E-state index contributed by atoms with van der Waals surface area (Å²) < 4.78 is 11.6. The fourth-order valence-electron chi connectivity index (χ4n) is 2.13. The first kappa shape index (κ1) is 12.1. The first-order chi connectivity index (χ1) is 9.88. The summed E-state index contributed by atoms with van der Waals surface area (Å²) in [4.78, 5) is 0. The molecular formula is C14H15N3O2S. The molecular weight excluding hydrogens is 274 g/mol. The fourth-order valence-corrected chi connectivity index (χ4v) is 2.94. The molecule has 20 heavy (non-hydrogen) atoms. The van der Waals surface area contributed by atoms with Crippen LogP contribution in [0.5, 0.6) is 11.5 Å². The third kappa shape index (κ3) is 2.48. The van der Waals surface area contributed by atoms with E-state index in [-0.39, 0.29) is 6.10 Å². The van der Waals surface area contributed by atoms with E-state index < -0.39 is 0 Å². The van der Waals surface area contributed by atoms with Crippen molar-refractivity contribution in [1.82, 2.24) is 15.5 Å². The zero-order valence-electron chi connectivity index (χ0n) is 10.9. The van der Waals surface area contributed by atoms with Gasteiger partial charge in [-0.15, -0.1) is 10.2 Å². The van der Waals surface area contributed by atoms with Gasteiger partial charge in [0.05, 0.1) is 0 Å². The summed E-state index contributed by atoms with van der Waals surface area (Å²) in [6.07, 6.45) is 2.40. The molecule has 2 aliphatic rings. The van der Waals surface area contributed by atoms with E-state index in [1.807, 2.05) is 24.3 Å². The zero-order chi connectivity index (χ0) is 13.4. The van der Waals surface area contributed by atoms with Gasteiger partial charge < -0.3 is 14.8 Å². The quantitative estimate of drug-likeness (QED) is 0.936. The number of para-hydroxylation sites is 2. The summed E-state index contributed by atoms with van der Waals surface area (Å²) in [5, 5.41) is 13.8. The fraction of sp³-hybridized carbons (Fsp3) is 0.429. The molecule has 1 aromatic carbocycles. The van der Waals surface area contributed by atoms with E-state index >= 15 is 0 Å². The molecule has 4 rings (SSSR count). The Hall–Kier alpha value is -1.66. The highest BCUT2D eigenvalue weighted by atomic mass is 32.1. The summed E-state index contributed by atoms with van der Waals surface area (Å²) >= 11 is 1.59. The van der Waals surface area contributed by atoms with Gasteiger partial charge >= 0.3 is 0 Å². The number of benzene rings is 1. The van der Waals surface area contributed by atoms with E-state index in [1.165, 1.54) is 12.8 Å². The molecule has 0 spiro atoms. The highest BCUT2D eigenvalue weighted by molar-refractivity contribution is 7.11. The number of nitrogens with zero attached hydrogens (tertiary/aromatic N) is 2. The van der Waals surface area contributed by atoms with Crippen molar-refractivity contribution in [2.75, 3.05) is 6.61 Å². The molecule has 1 saturated carbocycles. The van der Waals surface area contributed by atoms with Gasteiger partial charge in [-0.3, -0.25) is 0 Å². The predicted molar refractivity (Wildman–Crippen MR) is 75.1 cm³/mol. The molecule has 0 bridgehead atoms. The van der Waals surface area contributed by atoms with Gasteiger partial charge in [0.2, 0.25) is 0 Å². The Labute approximate surface area is 120 Å².